The van der Waals surface area contributed by atoms with Gasteiger partial charge in [-0.25, -0.2) is 4.79 Å². The normalized spacial score (nSPS) is 33.7. The number of halogens is 3. The van der Waals surface area contributed by atoms with Crippen LogP contribution < -0.4 is 0 Å². The van der Waals surface area contributed by atoms with Gasteiger partial charge in [-0.15, -0.1) is 4.62 Å². The maximum absolute atomic E-state index is 17.5. The minimum atomic E-state index is -4.65. The molecule has 0 amide bonds. The highest BCUT2D eigenvalue weighted by Crippen LogP contribution is 2.69. The van der Waals surface area contributed by atoms with Crippen LogP contribution in [0.5, 0.6) is 0 Å². The summed E-state index contributed by atoms with van der Waals surface area (Å²) in [4.78, 5) is 12.9. The van der Waals surface area contributed by atoms with Gasteiger partial charge in [0, 0.05) is 12.1 Å². The first-order chi connectivity index (χ1) is 22.4. The SMILES string of the molecule is CC[N+](CC)(CC)OP(=S)(OC[C@H]1O[C@@H](OC)[C@@H]2OC(C)(C)O[C@@H]21)C(F)(F)[C@H]1[C@H]2OC(C)(C)O[C@H]2O[C@@H]1COC(=O)c1ccc(Cl)cc1. The second kappa shape index (κ2) is 14.3. The van der Waals surface area contributed by atoms with Gasteiger partial charge in [-0.05, 0) is 84.5 Å². The molecule has 1 aromatic rings. The quantitative estimate of drug-likeness (QED) is 0.102. The molecule has 4 fully saturated rings. The standard InChI is InChI=1S/C31H46ClF2NO11PS/c1-9-35(10-2,11-3)46-47(48,39-17-21-23-25(27(37-8)41-21)44-29(4,5)42-23)31(33,34)22-20(40-28-24(22)43-30(6,7)45-28)16-38-26(36)18-12-14-19(32)15-13-18/h12-15,20-25,27-28H,9-11,16-17H2,1-8H3/q+1/t20-,21-,22-,23-,24-,25-,27-,28-,47?/m1/s1. The van der Waals surface area contributed by atoms with Crippen LogP contribution in [-0.2, 0) is 58.8 Å². The van der Waals surface area contributed by atoms with Crippen molar-refractivity contribution in [1.82, 2.24) is 0 Å². The molecule has 0 saturated carbocycles. The molecule has 4 heterocycles. The first kappa shape index (κ1) is 38.3. The fourth-order valence-electron chi connectivity index (χ4n) is 6.52. The summed E-state index contributed by atoms with van der Waals surface area (Å²) in [6.07, 6.45) is -6.80. The minimum Gasteiger partial charge on any atom is -0.459 e. The zero-order chi connectivity index (χ0) is 35.3. The van der Waals surface area contributed by atoms with E-state index in [-0.39, 0.29) is 10.2 Å². The number of hydroxylamine groups is 3. The maximum atomic E-state index is 17.5. The number of benzene rings is 1. The van der Waals surface area contributed by atoms with Gasteiger partial charge in [-0.2, -0.15) is 13.4 Å². The Labute approximate surface area is 290 Å². The van der Waals surface area contributed by atoms with Crippen LogP contribution >= 0.6 is 18.1 Å². The molecule has 0 aliphatic carbocycles. The number of hydrogen-bond donors (Lipinski definition) is 0. The molecule has 4 aliphatic rings. The lowest BCUT2D eigenvalue weighted by molar-refractivity contribution is -1.08. The van der Waals surface area contributed by atoms with Crippen molar-refractivity contribution in [2.75, 3.05) is 40.0 Å². The molecular weight excluding hydrogens is 699 g/mol. The predicted molar refractivity (Wildman–Crippen MR) is 172 cm³/mol. The third kappa shape index (κ3) is 7.50. The monoisotopic (exact) mass is 744 g/mol. The molecule has 9 atom stereocenters. The van der Waals surface area contributed by atoms with Gasteiger partial charge in [0.05, 0.1) is 18.1 Å². The summed E-state index contributed by atoms with van der Waals surface area (Å²) in [6, 6.07) is 5.99. The van der Waals surface area contributed by atoms with E-state index in [4.69, 9.17) is 70.5 Å². The number of hydrogen-bond acceptors (Lipinski definition) is 12. The average Bonchev–Trinajstić information content (AvgIpc) is 3.72. The Morgan fingerprint density at radius 1 is 0.917 bits per heavy atom. The van der Waals surface area contributed by atoms with Gasteiger partial charge in [0.2, 0.25) is 0 Å². The number of rotatable bonds is 14. The van der Waals surface area contributed by atoms with Crippen LogP contribution in [0, 0.1) is 5.92 Å². The van der Waals surface area contributed by atoms with E-state index >= 15 is 8.78 Å². The topological polar surface area (TPSA) is 109 Å². The highest BCUT2D eigenvalue weighted by molar-refractivity contribution is 8.10. The number of carbonyl (C=O) groups excluding carboxylic acids is 1. The molecule has 17 heteroatoms. The Kier molecular flexibility index (Phi) is 11.4. The summed E-state index contributed by atoms with van der Waals surface area (Å²) < 4.78 is 94.1. The zero-order valence-electron chi connectivity index (χ0n) is 28.4. The highest BCUT2D eigenvalue weighted by atomic mass is 35.5. The average molecular weight is 745 g/mol. The van der Waals surface area contributed by atoms with Gasteiger partial charge in [-0.1, -0.05) is 11.6 Å². The second-order valence-electron chi connectivity index (χ2n) is 13.1. The van der Waals surface area contributed by atoms with E-state index in [0.29, 0.717) is 24.7 Å². The van der Waals surface area contributed by atoms with Crippen LogP contribution in [0.2, 0.25) is 5.02 Å². The lowest BCUT2D eigenvalue weighted by atomic mass is 9.99. The Balaban J connectivity index is 1.46. The number of esters is 1. The Hall–Kier alpha value is -0.910. The molecule has 12 nitrogen and oxygen atoms in total. The zero-order valence-corrected chi connectivity index (χ0v) is 30.9. The fourth-order valence-corrected chi connectivity index (χ4v) is 9.77. The van der Waals surface area contributed by atoms with Gasteiger partial charge in [0.1, 0.15) is 56.8 Å². The summed E-state index contributed by atoms with van der Waals surface area (Å²) in [6.45, 7) is 7.61. The van der Waals surface area contributed by atoms with E-state index in [2.05, 4.69) is 0 Å². The molecule has 48 heavy (non-hydrogen) atoms. The number of quaternary nitrogens is 1. The van der Waals surface area contributed by atoms with Crippen LogP contribution in [-0.4, -0.2) is 111 Å². The van der Waals surface area contributed by atoms with Crippen molar-refractivity contribution in [1.29, 1.82) is 0 Å². The van der Waals surface area contributed by atoms with Gasteiger partial charge < -0.3 is 42.4 Å². The van der Waals surface area contributed by atoms with E-state index in [1.54, 1.807) is 27.7 Å². The van der Waals surface area contributed by atoms with Crippen molar-refractivity contribution in [2.24, 2.45) is 5.92 Å². The van der Waals surface area contributed by atoms with Crippen LogP contribution in [0.15, 0.2) is 24.3 Å². The molecule has 0 radical (unpaired) electrons. The van der Waals surface area contributed by atoms with Crippen LogP contribution in [0.4, 0.5) is 8.78 Å². The van der Waals surface area contributed by atoms with Crippen molar-refractivity contribution in [3.05, 3.63) is 34.9 Å². The van der Waals surface area contributed by atoms with Crippen molar-refractivity contribution >= 4 is 35.9 Å². The fraction of sp³-hybridized carbons (Fsp3) is 0.774. The highest BCUT2D eigenvalue weighted by Gasteiger charge is 2.70. The second-order valence-corrected chi connectivity index (χ2v) is 17.0. The molecule has 0 N–H and O–H groups in total. The minimum absolute atomic E-state index is 0.188. The van der Waals surface area contributed by atoms with E-state index < -0.39 is 91.9 Å². The largest absolute Gasteiger partial charge is 0.459 e. The molecule has 0 spiro atoms. The molecule has 1 aromatic carbocycles. The molecular formula is C31H46ClF2NO11PS+. The molecule has 0 aromatic heterocycles. The summed E-state index contributed by atoms with van der Waals surface area (Å²) >= 11 is 11.8. The van der Waals surface area contributed by atoms with Gasteiger partial charge >= 0.3 is 18.1 Å². The lowest BCUT2D eigenvalue weighted by Gasteiger charge is -2.42. The molecule has 4 saturated heterocycles. The third-order valence-electron chi connectivity index (χ3n) is 9.13. The number of carbonyl (C=O) groups is 1. The summed E-state index contributed by atoms with van der Waals surface area (Å²) in [5.74, 6) is -4.71. The molecule has 1 unspecified atom stereocenters. The van der Waals surface area contributed by atoms with Crippen LogP contribution in [0.3, 0.4) is 0 Å². The van der Waals surface area contributed by atoms with E-state index in [1.807, 2.05) is 20.8 Å². The van der Waals surface area contributed by atoms with E-state index in [9.17, 15) is 4.79 Å². The molecule has 5 rings (SSSR count). The van der Waals surface area contributed by atoms with Crippen molar-refractivity contribution in [2.45, 2.75) is 109 Å². The lowest BCUT2D eigenvalue weighted by Crippen LogP contribution is -2.51. The first-order valence-corrected chi connectivity index (χ1v) is 19.1. The molecule has 4 aliphatic heterocycles. The van der Waals surface area contributed by atoms with Gasteiger partial charge in [0.25, 0.3) is 0 Å². The molecule has 0 bridgehead atoms. The van der Waals surface area contributed by atoms with Crippen molar-refractivity contribution < 1.29 is 65.3 Å². The Bertz CT molecular complexity index is 1350. The Morgan fingerprint density at radius 2 is 1.50 bits per heavy atom. The van der Waals surface area contributed by atoms with Crippen LogP contribution in [0.25, 0.3) is 0 Å². The summed E-state index contributed by atoms with van der Waals surface area (Å²) in [5.41, 5.74) is -3.70. The summed E-state index contributed by atoms with van der Waals surface area (Å²) in [5, 5.41) is 0.425. The number of ether oxygens (including phenoxy) is 8. The number of alkyl halides is 2. The summed E-state index contributed by atoms with van der Waals surface area (Å²) in [7, 11) is 1.46. The van der Waals surface area contributed by atoms with E-state index in [0.717, 1.165) is 0 Å². The number of fused-ring (bicyclic) bond motifs is 2. The van der Waals surface area contributed by atoms with Crippen molar-refractivity contribution in [3.8, 4) is 0 Å². The third-order valence-corrected chi connectivity index (χ3v) is 12.7. The molecule has 272 valence electrons. The first-order valence-electron chi connectivity index (χ1n) is 16.1. The van der Waals surface area contributed by atoms with E-state index in [1.165, 1.54) is 31.4 Å². The predicted octanol–water partition coefficient (Wildman–Crippen LogP) is 5.61. The Morgan fingerprint density at radius 3 is 2.10 bits per heavy atom. The van der Waals surface area contributed by atoms with Crippen LogP contribution in [0.1, 0.15) is 58.8 Å². The van der Waals surface area contributed by atoms with Crippen molar-refractivity contribution in [3.63, 3.8) is 0 Å². The number of nitrogens with zero attached hydrogens (tertiary/aromatic N) is 1. The number of methoxy groups -OCH3 is 1. The smallest absolute Gasteiger partial charge is 0.338 e. The van der Waals surface area contributed by atoms with Gasteiger partial charge in [-0.3, -0.25) is 0 Å². The van der Waals surface area contributed by atoms with Gasteiger partial charge in [0.15, 0.2) is 24.2 Å². The maximum Gasteiger partial charge on any atom is 0.338 e.